The van der Waals surface area contributed by atoms with Gasteiger partial charge in [-0.2, -0.15) is 0 Å². The monoisotopic (exact) mass is 544 g/mol. The molecule has 2 heteroatoms. The summed E-state index contributed by atoms with van der Waals surface area (Å²) in [6.45, 7) is 4.46. The lowest BCUT2D eigenvalue weighted by Gasteiger charge is -2.29. The van der Waals surface area contributed by atoms with Gasteiger partial charge in [0.1, 0.15) is 0 Å². The maximum absolute atomic E-state index is 2.42. The highest BCUT2D eigenvalue weighted by Crippen LogP contribution is 2.40. The summed E-state index contributed by atoms with van der Waals surface area (Å²) >= 11 is 0. The van der Waals surface area contributed by atoms with Gasteiger partial charge >= 0.3 is 0 Å². The summed E-state index contributed by atoms with van der Waals surface area (Å²) in [5.41, 5.74) is 12.1. The van der Waals surface area contributed by atoms with Gasteiger partial charge in [0, 0.05) is 34.1 Å². The maximum Gasteiger partial charge on any atom is 0.0493 e. The van der Waals surface area contributed by atoms with Gasteiger partial charge in [0.05, 0.1) is 0 Å². The molecule has 0 amide bonds. The van der Waals surface area contributed by atoms with Crippen LogP contribution in [-0.4, -0.2) is 0 Å². The normalized spacial score (nSPS) is 10.8. The molecular weight excluding hydrogens is 508 g/mol. The van der Waals surface area contributed by atoms with Crippen molar-refractivity contribution < 1.29 is 0 Å². The van der Waals surface area contributed by atoms with Crippen LogP contribution in [0.4, 0.5) is 34.1 Å². The van der Waals surface area contributed by atoms with E-state index in [0.717, 1.165) is 35.6 Å². The summed E-state index contributed by atoms with van der Waals surface area (Å²) in [4.78, 5) is 4.71. The molecule has 0 aliphatic rings. The molecule has 0 bridgehead atoms. The van der Waals surface area contributed by atoms with Gasteiger partial charge in [-0.1, -0.05) is 111 Å². The third kappa shape index (κ3) is 5.57. The third-order valence-corrected chi connectivity index (χ3v) is 7.84. The minimum atomic E-state index is 0.981. The lowest BCUT2D eigenvalue weighted by Crippen LogP contribution is -2.13. The highest BCUT2D eigenvalue weighted by Gasteiger charge is 2.18. The van der Waals surface area contributed by atoms with Crippen molar-refractivity contribution in [3.63, 3.8) is 0 Å². The fraction of sp³-hybridized carbons (Fsp3) is 0.100. The Balaban J connectivity index is 1.35. The molecule has 2 nitrogen and oxygen atoms in total. The van der Waals surface area contributed by atoms with Crippen LogP contribution in [-0.2, 0) is 12.8 Å². The molecule has 0 fully saturated rings. The van der Waals surface area contributed by atoms with Gasteiger partial charge in [-0.15, -0.1) is 0 Å². The van der Waals surface area contributed by atoms with Crippen molar-refractivity contribution in [2.45, 2.75) is 26.7 Å². The molecule has 0 spiro atoms. The molecule has 0 aliphatic heterocycles. The van der Waals surface area contributed by atoms with E-state index in [-0.39, 0.29) is 0 Å². The van der Waals surface area contributed by atoms with Gasteiger partial charge in [0.2, 0.25) is 0 Å². The number of hydrogen-bond acceptors (Lipinski definition) is 2. The smallest absolute Gasteiger partial charge is 0.0493 e. The Hall–Kier alpha value is -5.08. The van der Waals surface area contributed by atoms with E-state index in [1.807, 2.05) is 0 Å². The van der Waals surface area contributed by atoms with E-state index in [2.05, 4.69) is 181 Å². The lowest BCUT2D eigenvalue weighted by molar-refractivity contribution is 1.09. The molecule has 0 heterocycles. The van der Waals surface area contributed by atoms with E-state index < -0.39 is 0 Å². The second-order valence-corrected chi connectivity index (χ2v) is 10.4. The SMILES string of the molecule is CCc1ccccc1N(c1ccc(-c2ccc(N(c3ccccc3)c3ccccc3)cc2)cc1)c1ccccc1CC. The zero-order chi connectivity index (χ0) is 28.7. The van der Waals surface area contributed by atoms with Crippen LogP contribution in [0.2, 0.25) is 0 Å². The third-order valence-electron chi connectivity index (χ3n) is 7.84. The molecule has 0 aliphatic carbocycles. The van der Waals surface area contributed by atoms with Crippen LogP contribution in [0.15, 0.2) is 158 Å². The second kappa shape index (κ2) is 12.6. The quantitative estimate of drug-likeness (QED) is 0.179. The van der Waals surface area contributed by atoms with E-state index >= 15 is 0 Å². The van der Waals surface area contributed by atoms with Gasteiger partial charge in [-0.25, -0.2) is 0 Å². The van der Waals surface area contributed by atoms with Gasteiger partial charge in [-0.05, 0) is 95.8 Å². The summed E-state index contributed by atoms with van der Waals surface area (Å²) in [5.74, 6) is 0. The van der Waals surface area contributed by atoms with Crippen LogP contribution >= 0.6 is 0 Å². The first-order valence-corrected chi connectivity index (χ1v) is 14.8. The second-order valence-electron chi connectivity index (χ2n) is 10.4. The van der Waals surface area contributed by atoms with Gasteiger partial charge < -0.3 is 9.80 Å². The number of benzene rings is 6. The molecule has 0 aromatic heterocycles. The van der Waals surface area contributed by atoms with E-state index in [0.29, 0.717) is 0 Å². The molecular formula is C40H36N2. The van der Waals surface area contributed by atoms with Crippen LogP contribution in [0.3, 0.4) is 0 Å². The molecule has 0 radical (unpaired) electrons. The van der Waals surface area contributed by atoms with Crippen LogP contribution in [0, 0.1) is 0 Å². The Bertz CT molecular complexity index is 1640. The summed E-state index contributed by atoms with van der Waals surface area (Å²) in [6.07, 6.45) is 1.96. The molecule has 42 heavy (non-hydrogen) atoms. The summed E-state index contributed by atoms with van der Waals surface area (Å²) < 4.78 is 0. The number of para-hydroxylation sites is 4. The Labute approximate surface area is 250 Å². The highest BCUT2D eigenvalue weighted by molar-refractivity contribution is 5.82. The Morgan fingerprint density at radius 2 is 0.667 bits per heavy atom. The van der Waals surface area contributed by atoms with Gasteiger partial charge in [0.25, 0.3) is 0 Å². The minimum absolute atomic E-state index is 0.981. The number of anilines is 6. The maximum atomic E-state index is 2.42. The molecule has 0 saturated heterocycles. The Morgan fingerprint density at radius 1 is 0.333 bits per heavy atom. The standard InChI is InChI=1S/C40H36N2/c1-3-31-15-11-13-21-39(31)42(40-22-14-12-16-32(40)4-2)38-29-25-34(26-30-38)33-23-27-37(28-24-33)41(35-17-7-5-8-18-35)36-19-9-6-10-20-36/h5-30H,3-4H2,1-2H3. The Morgan fingerprint density at radius 3 is 1.07 bits per heavy atom. The molecule has 6 aromatic rings. The summed E-state index contributed by atoms with van der Waals surface area (Å²) in [7, 11) is 0. The van der Waals surface area contributed by atoms with Gasteiger partial charge in [-0.3, -0.25) is 0 Å². The Kier molecular flexibility index (Phi) is 8.14. The highest BCUT2D eigenvalue weighted by atomic mass is 15.1. The zero-order valence-electron chi connectivity index (χ0n) is 24.3. The summed E-state index contributed by atoms with van der Waals surface area (Å²) in [6, 6.07) is 56.4. The molecule has 0 unspecified atom stereocenters. The zero-order valence-corrected chi connectivity index (χ0v) is 24.3. The van der Waals surface area contributed by atoms with Crippen LogP contribution < -0.4 is 9.80 Å². The largest absolute Gasteiger partial charge is 0.311 e. The molecule has 0 saturated carbocycles. The summed E-state index contributed by atoms with van der Waals surface area (Å²) in [5, 5.41) is 0. The number of hydrogen-bond donors (Lipinski definition) is 0. The van der Waals surface area contributed by atoms with Crippen LogP contribution in [0.25, 0.3) is 11.1 Å². The number of rotatable bonds is 9. The van der Waals surface area contributed by atoms with E-state index in [1.54, 1.807) is 0 Å². The minimum Gasteiger partial charge on any atom is -0.311 e. The fourth-order valence-corrected chi connectivity index (χ4v) is 5.67. The predicted molar refractivity (Wildman–Crippen MR) is 180 cm³/mol. The molecule has 0 N–H and O–H groups in total. The van der Waals surface area contributed by atoms with Crippen molar-refractivity contribution in [3.8, 4) is 11.1 Å². The molecule has 6 rings (SSSR count). The van der Waals surface area contributed by atoms with Crippen molar-refractivity contribution in [1.82, 2.24) is 0 Å². The topological polar surface area (TPSA) is 6.48 Å². The van der Waals surface area contributed by atoms with Crippen molar-refractivity contribution >= 4 is 34.1 Å². The van der Waals surface area contributed by atoms with Gasteiger partial charge in [0.15, 0.2) is 0 Å². The van der Waals surface area contributed by atoms with Crippen LogP contribution in [0.5, 0.6) is 0 Å². The fourth-order valence-electron chi connectivity index (χ4n) is 5.67. The molecule has 6 aromatic carbocycles. The number of nitrogens with zero attached hydrogens (tertiary/aromatic N) is 2. The first-order valence-electron chi connectivity index (χ1n) is 14.8. The van der Waals surface area contributed by atoms with Crippen molar-refractivity contribution in [2.24, 2.45) is 0 Å². The first-order chi connectivity index (χ1) is 20.8. The molecule has 0 atom stereocenters. The number of aryl methyl sites for hydroxylation is 2. The van der Waals surface area contributed by atoms with Crippen molar-refractivity contribution in [2.75, 3.05) is 9.80 Å². The average Bonchev–Trinajstić information content (AvgIpc) is 3.07. The van der Waals surface area contributed by atoms with E-state index in [1.165, 1.54) is 33.6 Å². The van der Waals surface area contributed by atoms with Crippen molar-refractivity contribution in [3.05, 3.63) is 169 Å². The lowest BCUT2D eigenvalue weighted by atomic mass is 10.0. The first kappa shape index (κ1) is 27.1. The molecule has 206 valence electrons. The van der Waals surface area contributed by atoms with E-state index in [9.17, 15) is 0 Å². The van der Waals surface area contributed by atoms with Crippen LogP contribution in [0.1, 0.15) is 25.0 Å². The predicted octanol–water partition coefficient (Wildman–Crippen LogP) is 11.4. The van der Waals surface area contributed by atoms with Crippen molar-refractivity contribution in [1.29, 1.82) is 0 Å². The van der Waals surface area contributed by atoms with E-state index in [4.69, 9.17) is 0 Å². The average molecular weight is 545 g/mol.